The summed E-state index contributed by atoms with van der Waals surface area (Å²) in [4.78, 5) is 15.3. The number of fused-ring (bicyclic) bond motifs is 1. The zero-order valence-corrected chi connectivity index (χ0v) is 14.3. The predicted molar refractivity (Wildman–Crippen MR) is 92.3 cm³/mol. The van der Waals surface area contributed by atoms with Crippen LogP contribution in [0.1, 0.15) is 63.0 Å². The minimum absolute atomic E-state index is 0.150. The van der Waals surface area contributed by atoms with Crippen molar-refractivity contribution >= 4 is 5.91 Å². The molecule has 1 saturated heterocycles. The third-order valence-electron chi connectivity index (χ3n) is 5.70. The molecule has 2 fully saturated rings. The Morgan fingerprint density at radius 1 is 0.958 bits per heavy atom. The maximum absolute atomic E-state index is 13.2. The van der Waals surface area contributed by atoms with Gasteiger partial charge < -0.3 is 14.4 Å². The fourth-order valence-electron chi connectivity index (χ4n) is 4.47. The highest BCUT2D eigenvalue weighted by molar-refractivity contribution is 5.80. The lowest BCUT2D eigenvalue weighted by Crippen LogP contribution is -2.36. The van der Waals surface area contributed by atoms with Crippen LogP contribution in [0.2, 0.25) is 0 Å². The van der Waals surface area contributed by atoms with Gasteiger partial charge in [-0.2, -0.15) is 0 Å². The predicted octanol–water partition coefficient (Wildman–Crippen LogP) is 4.09. The van der Waals surface area contributed by atoms with Gasteiger partial charge >= 0.3 is 0 Å². The number of para-hydroxylation sites is 1. The zero-order chi connectivity index (χ0) is 16.4. The lowest BCUT2D eigenvalue weighted by Gasteiger charge is -2.31. The number of rotatable bonds is 2. The molecule has 1 aromatic carbocycles. The SMILES string of the molecule is O=C(C1CCCCCC1)N1CCCC1c1cccc2c1OCCO2. The summed E-state index contributed by atoms with van der Waals surface area (Å²) >= 11 is 0. The highest BCUT2D eigenvalue weighted by Crippen LogP contribution is 2.43. The molecule has 1 aliphatic carbocycles. The molecule has 1 saturated carbocycles. The van der Waals surface area contributed by atoms with E-state index in [9.17, 15) is 4.79 Å². The molecule has 0 spiro atoms. The number of ether oxygens (including phenoxy) is 2. The first-order valence-electron chi connectivity index (χ1n) is 9.53. The Bertz CT molecular complexity index is 593. The maximum atomic E-state index is 13.2. The van der Waals surface area contributed by atoms with Crippen LogP contribution in [0.4, 0.5) is 0 Å². The van der Waals surface area contributed by atoms with Gasteiger partial charge in [0.05, 0.1) is 6.04 Å². The van der Waals surface area contributed by atoms with Crippen LogP contribution in [0.15, 0.2) is 18.2 Å². The molecule has 0 aromatic heterocycles. The Morgan fingerprint density at radius 2 is 1.75 bits per heavy atom. The fourth-order valence-corrected chi connectivity index (χ4v) is 4.47. The topological polar surface area (TPSA) is 38.8 Å². The number of carbonyl (C=O) groups is 1. The van der Waals surface area contributed by atoms with E-state index in [0.29, 0.717) is 19.1 Å². The van der Waals surface area contributed by atoms with Crippen LogP contribution in [0, 0.1) is 5.92 Å². The summed E-state index contributed by atoms with van der Waals surface area (Å²) < 4.78 is 11.6. The van der Waals surface area contributed by atoms with E-state index in [1.54, 1.807) is 0 Å². The van der Waals surface area contributed by atoms with Gasteiger partial charge in [0.1, 0.15) is 13.2 Å². The Hall–Kier alpha value is -1.71. The molecule has 4 rings (SSSR count). The van der Waals surface area contributed by atoms with E-state index in [-0.39, 0.29) is 12.0 Å². The molecular formula is C20H27NO3. The average Bonchev–Trinajstić information content (AvgIpc) is 2.95. The van der Waals surface area contributed by atoms with Crippen LogP contribution < -0.4 is 9.47 Å². The maximum Gasteiger partial charge on any atom is 0.226 e. The number of amides is 1. The molecule has 1 unspecified atom stereocenters. The van der Waals surface area contributed by atoms with Crippen LogP contribution in [0.3, 0.4) is 0 Å². The van der Waals surface area contributed by atoms with Crippen molar-refractivity contribution in [2.24, 2.45) is 5.92 Å². The second-order valence-corrected chi connectivity index (χ2v) is 7.25. The van der Waals surface area contributed by atoms with Gasteiger partial charge in [-0.05, 0) is 31.7 Å². The van der Waals surface area contributed by atoms with E-state index in [1.807, 2.05) is 12.1 Å². The number of hydrogen-bond donors (Lipinski definition) is 0. The molecule has 0 bridgehead atoms. The van der Waals surface area contributed by atoms with Crippen molar-refractivity contribution < 1.29 is 14.3 Å². The normalized spacial score (nSPS) is 24.7. The highest BCUT2D eigenvalue weighted by Gasteiger charge is 2.36. The number of hydrogen-bond acceptors (Lipinski definition) is 3. The molecule has 2 heterocycles. The largest absolute Gasteiger partial charge is 0.486 e. The Morgan fingerprint density at radius 3 is 2.58 bits per heavy atom. The van der Waals surface area contributed by atoms with Crippen molar-refractivity contribution in [3.8, 4) is 11.5 Å². The molecule has 1 aromatic rings. The number of likely N-dealkylation sites (tertiary alicyclic amines) is 1. The van der Waals surface area contributed by atoms with Gasteiger partial charge in [-0.3, -0.25) is 4.79 Å². The number of benzene rings is 1. The summed E-state index contributed by atoms with van der Waals surface area (Å²) in [5.74, 6) is 2.28. The molecule has 0 radical (unpaired) electrons. The molecule has 0 N–H and O–H groups in total. The van der Waals surface area contributed by atoms with Gasteiger partial charge in [0, 0.05) is 18.0 Å². The molecule has 2 aliphatic heterocycles. The highest BCUT2D eigenvalue weighted by atomic mass is 16.6. The molecule has 130 valence electrons. The Labute approximate surface area is 144 Å². The summed E-state index contributed by atoms with van der Waals surface area (Å²) in [6.07, 6.45) is 9.20. The van der Waals surface area contributed by atoms with E-state index in [2.05, 4.69) is 11.0 Å². The average molecular weight is 329 g/mol. The van der Waals surface area contributed by atoms with Gasteiger partial charge in [-0.25, -0.2) is 0 Å². The van der Waals surface area contributed by atoms with E-state index in [1.165, 1.54) is 25.7 Å². The standard InChI is InChI=1S/C20H27NO3/c22-20(15-7-3-1-2-4-8-15)21-12-6-10-17(21)16-9-5-11-18-19(16)24-14-13-23-18/h5,9,11,15,17H,1-4,6-8,10,12-14H2. The first kappa shape index (κ1) is 15.8. The van der Waals surface area contributed by atoms with Gasteiger partial charge in [0.2, 0.25) is 5.91 Å². The van der Waals surface area contributed by atoms with Crippen molar-refractivity contribution in [1.82, 2.24) is 4.90 Å². The molecule has 24 heavy (non-hydrogen) atoms. The first-order valence-corrected chi connectivity index (χ1v) is 9.53. The zero-order valence-electron chi connectivity index (χ0n) is 14.3. The molecular weight excluding hydrogens is 302 g/mol. The molecule has 3 aliphatic rings. The van der Waals surface area contributed by atoms with Crippen molar-refractivity contribution in [2.45, 2.75) is 57.4 Å². The second kappa shape index (κ2) is 7.04. The van der Waals surface area contributed by atoms with Crippen molar-refractivity contribution in [3.05, 3.63) is 23.8 Å². The van der Waals surface area contributed by atoms with E-state index in [4.69, 9.17) is 9.47 Å². The summed E-state index contributed by atoms with van der Waals surface area (Å²) in [6, 6.07) is 6.24. The second-order valence-electron chi connectivity index (χ2n) is 7.25. The summed E-state index contributed by atoms with van der Waals surface area (Å²) in [5.41, 5.74) is 1.13. The summed E-state index contributed by atoms with van der Waals surface area (Å²) in [7, 11) is 0. The van der Waals surface area contributed by atoms with Crippen LogP contribution >= 0.6 is 0 Å². The van der Waals surface area contributed by atoms with Gasteiger partial charge in [0.25, 0.3) is 0 Å². The van der Waals surface area contributed by atoms with E-state index < -0.39 is 0 Å². The first-order chi connectivity index (χ1) is 11.8. The van der Waals surface area contributed by atoms with Crippen molar-refractivity contribution in [1.29, 1.82) is 0 Å². The van der Waals surface area contributed by atoms with Gasteiger partial charge in [-0.15, -0.1) is 0 Å². The minimum Gasteiger partial charge on any atom is -0.486 e. The molecule has 1 amide bonds. The van der Waals surface area contributed by atoms with Crippen LogP contribution in [-0.2, 0) is 4.79 Å². The van der Waals surface area contributed by atoms with Crippen LogP contribution in [-0.4, -0.2) is 30.6 Å². The Balaban J connectivity index is 1.58. The van der Waals surface area contributed by atoms with Crippen LogP contribution in [0.5, 0.6) is 11.5 Å². The lowest BCUT2D eigenvalue weighted by molar-refractivity contribution is -0.137. The monoisotopic (exact) mass is 329 g/mol. The third-order valence-corrected chi connectivity index (χ3v) is 5.70. The third kappa shape index (κ3) is 2.99. The van der Waals surface area contributed by atoms with Crippen LogP contribution in [0.25, 0.3) is 0 Å². The van der Waals surface area contributed by atoms with E-state index >= 15 is 0 Å². The van der Waals surface area contributed by atoms with E-state index in [0.717, 1.165) is 49.3 Å². The fraction of sp³-hybridized carbons (Fsp3) is 0.650. The molecule has 1 atom stereocenters. The summed E-state index contributed by atoms with van der Waals surface area (Å²) in [5, 5.41) is 0. The number of carbonyl (C=O) groups excluding carboxylic acids is 1. The Kier molecular flexibility index (Phi) is 4.63. The number of nitrogens with zero attached hydrogens (tertiary/aromatic N) is 1. The van der Waals surface area contributed by atoms with Crippen molar-refractivity contribution in [3.63, 3.8) is 0 Å². The summed E-state index contributed by atoms with van der Waals surface area (Å²) in [6.45, 7) is 2.07. The van der Waals surface area contributed by atoms with Crippen molar-refractivity contribution in [2.75, 3.05) is 19.8 Å². The van der Waals surface area contributed by atoms with Gasteiger partial charge in [0.15, 0.2) is 11.5 Å². The minimum atomic E-state index is 0.150. The smallest absolute Gasteiger partial charge is 0.226 e. The quantitative estimate of drug-likeness (QED) is 0.767. The molecule has 4 nitrogen and oxygen atoms in total. The molecule has 4 heteroatoms. The van der Waals surface area contributed by atoms with Gasteiger partial charge in [-0.1, -0.05) is 37.8 Å². The lowest BCUT2D eigenvalue weighted by atomic mass is 9.96.